The lowest BCUT2D eigenvalue weighted by Crippen LogP contribution is -2.38. The van der Waals surface area contributed by atoms with Crippen LogP contribution in [0, 0.1) is 0 Å². The molecular weight excluding hydrogens is 142 g/mol. The Balaban J connectivity index is 0.000000138. The van der Waals surface area contributed by atoms with Crippen molar-refractivity contribution >= 4 is 10.2 Å². The Morgan fingerprint density at radius 3 is 2.20 bits per heavy atom. The van der Waals surface area contributed by atoms with Gasteiger partial charge in [-0.2, -0.15) is 0 Å². The first-order valence-corrected chi connectivity index (χ1v) is 4.51. The zero-order valence-corrected chi connectivity index (χ0v) is 7.23. The fourth-order valence-electron chi connectivity index (χ4n) is 0.565. The Morgan fingerprint density at radius 2 is 2.00 bits per heavy atom. The van der Waals surface area contributed by atoms with Crippen LogP contribution in [-0.4, -0.2) is 35.7 Å². The highest BCUT2D eigenvalue weighted by Crippen LogP contribution is 2.14. The molecule has 1 aliphatic carbocycles. The maximum Gasteiger partial charge on any atom is 0.0675 e. The summed E-state index contributed by atoms with van der Waals surface area (Å²) in [7, 11) is 3.35. The van der Waals surface area contributed by atoms with Crippen LogP contribution in [0.15, 0.2) is 0 Å². The lowest BCUT2D eigenvalue weighted by Gasteiger charge is -2.18. The third kappa shape index (κ3) is 4.96. The first-order valence-electron chi connectivity index (χ1n) is 3.93. The summed E-state index contributed by atoms with van der Waals surface area (Å²) in [6.07, 6.45) is 4.50. The van der Waals surface area contributed by atoms with Crippen molar-refractivity contribution in [3.05, 3.63) is 0 Å². The van der Waals surface area contributed by atoms with E-state index in [0.29, 0.717) is 0 Å². The molecule has 2 nitrogen and oxygen atoms in total. The molecule has 3 heteroatoms. The van der Waals surface area contributed by atoms with E-state index in [2.05, 4.69) is 15.6 Å². The van der Waals surface area contributed by atoms with Gasteiger partial charge in [0.05, 0.1) is 22.6 Å². The molecule has 1 atom stereocenters. The maximum atomic E-state index is 5.13. The minimum Gasteiger partial charge on any atom is -0.380 e. The van der Waals surface area contributed by atoms with Crippen molar-refractivity contribution in [1.82, 2.24) is 5.32 Å². The van der Waals surface area contributed by atoms with Gasteiger partial charge in [0.1, 0.15) is 0 Å². The van der Waals surface area contributed by atoms with Crippen molar-refractivity contribution in [1.29, 1.82) is 0 Å². The minimum atomic E-state index is 0.230. The molecule has 1 aliphatic heterocycles. The van der Waals surface area contributed by atoms with Crippen molar-refractivity contribution < 1.29 is 4.74 Å². The summed E-state index contributed by atoms with van der Waals surface area (Å²) in [6.45, 7) is 2.74. The molecule has 57 valence electrons. The molecule has 3 radical (unpaired) electrons. The van der Waals surface area contributed by atoms with Crippen LogP contribution < -0.4 is 5.32 Å². The van der Waals surface area contributed by atoms with Crippen LogP contribution in [0.3, 0.4) is 0 Å². The number of rotatable bonds is 0. The largest absolute Gasteiger partial charge is 0.380 e. The van der Waals surface area contributed by atoms with Crippen LogP contribution in [0.25, 0.3) is 0 Å². The predicted molar refractivity (Wildman–Crippen MR) is 42.2 cm³/mol. The molecule has 0 bridgehead atoms. The summed E-state index contributed by atoms with van der Waals surface area (Å²) in [5, 5.41) is 3.16. The van der Waals surface area contributed by atoms with E-state index in [9.17, 15) is 0 Å². The Kier molecular flexibility index (Phi) is 4.02. The first-order chi connectivity index (χ1) is 4.89. The molecule has 0 aromatic carbocycles. The first kappa shape index (κ1) is 8.24. The fourth-order valence-corrected chi connectivity index (χ4v) is 0.828. The lowest BCUT2D eigenvalue weighted by atomic mass is 10.5. The van der Waals surface area contributed by atoms with Gasteiger partial charge in [0.2, 0.25) is 0 Å². The SMILES string of the molecule is C1CC1.[Si]C1CNCCO1. The van der Waals surface area contributed by atoms with Gasteiger partial charge < -0.3 is 10.1 Å². The van der Waals surface area contributed by atoms with E-state index in [1.54, 1.807) is 0 Å². The summed E-state index contributed by atoms with van der Waals surface area (Å²) in [5.41, 5.74) is 0.230. The number of hydrogen-bond donors (Lipinski definition) is 1. The van der Waals surface area contributed by atoms with Crippen LogP contribution in [0.4, 0.5) is 0 Å². The van der Waals surface area contributed by atoms with Crippen molar-refractivity contribution in [2.75, 3.05) is 19.7 Å². The minimum absolute atomic E-state index is 0.230. The van der Waals surface area contributed by atoms with Crippen molar-refractivity contribution in [3.63, 3.8) is 0 Å². The van der Waals surface area contributed by atoms with Gasteiger partial charge in [-0.25, -0.2) is 0 Å². The van der Waals surface area contributed by atoms with Crippen LogP contribution in [0.5, 0.6) is 0 Å². The van der Waals surface area contributed by atoms with Crippen LogP contribution >= 0.6 is 0 Å². The van der Waals surface area contributed by atoms with Gasteiger partial charge in [-0.15, -0.1) is 0 Å². The molecule has 1 N–H and O–H groups in total. The summed E-state index contributed by atoms with van der Waals surface area (Å²) in [4.78, 5) is 0. The number of ether oxygens (including phenoxy) is 1. The van der Waals surface area contributed by atoms with Gasteiger partial charge in [0.15, 0.2) is 0 Å². The molecule has 2 rings (SSSR count). The molecule has 1 unspecified atom stereocenters. The van der Waals surface area contributed by atoms with E-state index in [0.717, 1.165) is 19.7 Å². The topological polar surface area (TPSA) is 21.3 Å². The van der Waals surface area contributed by atoms with Gasteiger partial charge in [-0.05, 0) is 0 Å². The van der Waals surface area contributed by atoms with Crippen LogP contribution in [-0.2, 0) is 4.74 Å². The molecule has 0 amide bonds. The monoisotopic (exact) mass is 156 g/mol. The van der Waals surface area contributed by atoms with E-state index in [1.807, 2.05) is 0 Å². The van der Waals surface area contributed by atoms with E-state index < -0.39 is 0 Å². The molecule has 1 heterocycles. The van der Waals surface area contributed by atoms with E-state index >= 15 is 0 Å². The highest BCUT2D eigenvalue weighted by atomic mass is 28.1. The summed E-state index contributed by atoms with van der Waals surface area (Å²) < 4.78 is 5.13. The van der Waals surface area contributed by atoms with E-state index in [-0.39, 0.29) is 5.73 Å². The standard InChI is InChI=1S/C4H8NOSi.C3H6/c7-4-3-5-1-2-6-4;1-2-3-1/h4-5H,1-3H2;1-3H2. The number of morpholine rings is 1. The lowest BCUT2D eigenvalue weighted by molar-refractivity contribution is 0.0800. The molecule has 1 saturated carbocycles. The third-order valence-electron chi connectivity index (χ3n) is 1.28. The second-order valence-electron chi connectivity index (χ2n) is 2.62. The van der Waals surface area contributed by atoms with Crippen LogP contribution in [0.1, 0.15) is 19.3 Å². The molecule has 1 saturated heterocycles. The zero-order chi connectivity index (χ0) is 7.23. The third-order valence-corrected chi connectivity index (χ3v) is 1.65. The maximum absolute atomic E-state index is 5.13. The van der Waals surface area contributed by atoms with Gasteiger partial charge in [0.25, 0.3) is 0 Å². The number of nitrogens with one attached hydrogen (secondary N) is 1. The van der Waals surface area contributed by atoms with Gasteiger partial charge in [-0.1, -0.05) is 19.3 Å². The molecule has 2 fully saturated rings. The fraction of sp³-hybridized carbons (Fsp3) is 1.00. The average Bonchev–Trinajstić information content (AvgIpc) is 2.73. The smallest absolute Gasteiger partial charge is 0.0675 e. The van der Waals surface area contributed by atoms with E-state index in [1.165, 1.54) is 19.3 Å². The number of hydrogen-bond acceptors (Lipinski definition) is 2. The summed E-state index contributed by atoms with van der Waals surface area (Å²) in [6, 6.07) is 0. The van der Waals surface area contributed by atoms with Gasteiger partial charge >= 0.3 is 0 Å². The Bertz CT molecular complexity index is 78.9. The Labute approximate surface area is 65.8 Å². The second kappa shape index (κ2) is 4.88. The van der Waals surface area contributed by atoms with E-state index in [4.69, 9.17) is 4.74 Å². The highest BCUT2D eigenvalue weighted by molar-refractivity contribution is 6.11. The second-order valence-corrected chi connectivity index (χ2v) is 3.27. The summed E-state index contributed by atoms with van der Waals surface area (Å²) in [5.74, 6) is 0. The quantitative estimate of drug-likeness (QED) is 0.508. The van der Waals surface area contributed by atoms with Crippen LogP contribution in [0.2, 0.25) is 0 Å². The molecule has 0 spiro atoms. The molecular formula is C7H14NOSi. The molecule has 10 heavy (non-hydrogen) atoms. The average molecular weight is 156 g/mol. The molecule has 2 aliphatic rings. The Hall–Kier alpha value is 0.137. The highest BCUT2D eigenvalue weighted by Gasteiger charge is 2.04. The van der Waals surface area contributed by atoms with Gasteiger partial charge in [0, 0.05) is 13.1 Å². The van der Waals surface area contributed by atoms with Crippen molar-refractivity contribution in [2.45, 2.75) is 25.0 Å². The Morgan fingerprint density at radius 1 is 1.30 bits per heavy atom. The molecule has 0 aromatic heterocycles. The molecule has 0 aromatic rings. The normalized spacial score (nSPS) is 30.3. The summed E-state index contributed by atoms with van der Waals surface area (Å²) >= 11 is 0. The predicted octanol–water partition coefficient (Wildman–Crippen LogP) is 0.271. The zero-order valence-electron chi connectivity index (χ0n) is 6.23. The van der Waals surface area contributed by atoms with Crippen molar-refractivity contribution in [3.8, 4) is 0 Å². The van der Waals surface area contributed by atoms with Crippen molar-refractivity contribution in [2.24, 2.45) is 0 Å². The van der Waals surface area contributed by atoms with Gasteiger partial charge in [-0.3, -0.25) is 0 Å².